The van der Waals surface area contributed by atoms with Gasteiger partial charge in [0.25, 0.3) is 0 Å². The van der Waals surface area contributed by atoms with Crippen molar-refractivity contribution in [3.8, 4) is 11.4 Å². The van der Waals surface area contributed by atoms with Gasteiger partial charge in [-0.05, 0) is 25.1 Å². The van der Waals surface area contributed by atoms with E-state index < -0.39 is 0 Å². The highest BCUT2D eigenvalue weighted by molar-refractivity contribution is 6.36. The van der Waals surface area contributed by atoms with Crippen molar-refractivity contribution in [2.45, 2.75) is 13.0 Å². The fourth-order valence-corrected chi connectivity index (χ4v) is 1.69. The fourth-order valence-electron chi connectivity index (χ4n) is 1.20. The zero-order valence-electron chi connectivity index (χ0n) is 8.45. The number of nitrogens with zero attached hydrogens (tertiary/aromatic N) is 2. The molecule has 0 aliphatic carbocycles. The number of rotatable bonds is 2. The van der Waals surface area contributed by atoms with Crippen molar-refractivity contribution in [3.63, 3.8) is 0 Å². The summed E-state index contributed by atoms with van der Waals surface area (Å²) < 4.78 is 4.99. The number of hydrogen-bond acceptors (Lipinski definition) is 4. The molecule has 0 radical (unpaired) electrons. The zero-order valence-corrected chi connectivity index (χ0v) is 9.96. The number of nitrogens with two attached hydrogens (primary N) is 1. The smallest absolute Gasteiger partial charge is 0.243 e. The van der Waals surface area contributed by atoms with Gasteiger partial charge >= 0.3 is 0 Å². The van der Waals surface area contributed by atoms with E-state index in [-0.39, 0.29) is 6.04 Å². The van der Waals surface area contributed by atoms with Crippen molar-refractivity contribution in [2.75, 3.05) is 0 Å². The molecule has 1 atom stereocenters. The van der Waals surface area contributed by atoms with E-state index >= 15 is 0 Å². The highest BCUT2D eigenvalue weighted by Crippen LogP contribution is 2.28. The van der Waals surface area contributed by atoms with Crippen molar-refractivity contribution in [3.05, 3.63) is 34.1 Å². The average Bonchev–Trinajstić information content (AvgIpc) is 2.66. The largest absolute Gasteiger partial charge is 0.337 e. The van der Waals surface area contributed by atoms with Gasteiger partial charge in [-0.2, -0.15) is 4.98 Å². The van der Waals surface area contributed by atoms with Gasteiger partial charge in [0.1, 0.15) is 0 Å². The van der Waals surface area contributed by atoms with Gasteiger partial charge in [0.2, 0.25) is 11.7 Å². The molecule has 0 saturated heterocycles. The second kappa shape index (κ2) is 4.41. The van der Waals surface area contributed by atoms with Crippen LogP contribution in [0.3, 0.4) is 0 Å². The lowest BCUT2D eigenvalue weighted by atomic mass is 10.2. The zero-order chi connectivity index (χ0) is 11.7. The lowest BCUT2D eigenvalue weighted by Gasteiger charge is -1.98. The third kappa shape index (κ3) is 2.19. The van der Waals surface area contributed by atoms with Crippen LogP contribution in [0.25, 0.3) is 11.4 Å². The molecule has 2 aromatic rings. The molecule has 0 spiro atoms. The van der Waals surface area contributed by atoms with Crippen LogP contribution in [-0.4, -0.2) is 10.1 Å². The molecule has 4 nitrogen and oxygen atoms in total. The van der Waals surface area contributed by atoms with E-state index in [0.717, 1.165) is 0 Å². The van der Waals surface area contributed by atoms with Crippen molar-refractivity contribution < 1.29 is 4.52 Å². The first kappa shape index (κ1) is 11.4. The highest BCUT2D eigenvalue weighted by Gasteiger charge is 2.14. The summed E-state index contributed by atoms with van der Waals surface area (Å²) in [5.41, 5.74) is 6.29. The van der Waals surface area contributed by atoms with Crippen molar-refractivity contribution in [1.82, 2.24) is 10.1 Å². The number of benzene rings is 1. The van der Waals surface area contributed by atoms with Gasteiger partial charge in [-0.3, -0.25) is 0 Å². The standard InChI is InChI=1S/C10H9Cl2N3O/c1-5(13)10-14-9(15-16-10)7-3-2-6(11)4-8(7)12/h2-5H,13H2,1H3/t5-/m0/s1. The van der Waals surface area contributed by atoms with Crippen molar-refractivity contribution >= 4 is 23.2 Å². The minimum atomic E-state index is -0.299. The third-order valence-corrected chi connectivity index (χ3v) is 2.55. The van der Waals surface area contributed by atoms with E-state index in [1.54, 1.807) is 25.1 Å². The Labute approximate surface area is 102 Å². The summed E-state index contributed by atoms with van der Waals surface area (Å²) in [6.45, 7) is 1.76. The minimum Gasteiger partial charge on any atom is -0.337 e. The Morgan fingerprint density at radius 2 is 2.12 bits per heavy atom. The number of halogens is 2. The van der Waals surface area contributed by atoms with Crippen LogP contribution < -0.4 is 5.73 Å². The lowest BCUT2D eigenvalue weighted by molar-refractivity contribution is 0.362. The molecule has 0 saturated carbocycles. The predicted molar refractivity (Wildman–Crippen MR) is 62.4 cm³/mol. The second-order valence-electron chi connectivity index (χ2n) is 3.37. The average molecular weight is 258 g/mol. The molecule has 1 heterocycles. The fraction of sp³-hybridized carbons (Fsp3) is 0.200. The van der Waals surface area contributed by atoms with Crippen LogP contribution in [0.4, 0.5) is 0 Å². The molecule has 0 amide bonds. The molecule has 84 valence electrons. The van der Waals surface area contributed by atoms with Crippen LogP contribution in [0, 0.1) is 0 Å². The Hall–Kier alpha value is -1.10. The van der Waals surface area contributed by atoms with E-state index in [1.165, 1.54) is 0 Å². The summed E-state index contributed by atoms with van der Waals surface area (Å²) in [5.74, 6) is 0.787. The number of hydrogen-bond donors (Lipinski definition) is 1. The van der Waals surface area contributed by atoms with Gasteiger partial charge in [-0.15, -0.1) is 0 Å². The van der Waals surface area contributed by atoms with E-state index in [1.807, 2.05) is 0 Å². The van der Waals surface area contributed by atoms with Gasteiger partial charge in [0, 0.05) is 10.6 Å². The molecule has 0 fully saturated rings. The Bertz CT molecular complexity index is 511. The summed E-state index contributed by atoms with van der Waals surface area (Å²) >= 11 is 11.8. The first-order chi connectivity index (χ1) is 7.58. The maximum Gasteiger partial charge on any atom is 0.243 e. The minimum absolute atomic E-state index is 0.299. The molecule has 6 heteroatoms. The van der Waals surface area contributed by atoms with Crippen LogP contribution in [0.2, 0.25) is 10.0 Å². The Morgan fingerprint density at radius 1 is 1.38 bits per heavy atom. The van der Waals surface area contributed by atoms with Gasteiger partial charge < -0.3 is 10.3 Å². The SMILES string of the molecule is C[C@H](N)c1nc(-c2ccc(Cl)cc2Cl)no1. The summed E-state index contributed by atoms with van der Waals surface area (Å²) in [5, 5.41) is 4.84. The quantitative estimate of drug-likeness (QED) is 0.898. The third-order valence-electron chi connectivity index (χ3n) is 2.00. The molecule has 0 aliphatic heterocycles. The molecule has 0 bridgehead atoms. The van der Waals surface area contributed by atoms with Crippen molar-refractivity contribution in [2.24, 2.45) is 5.73 Å². The summed E-state index contributed by atoms with van der Waals surface area (Å²) in [7, 11) is 0. The normalized spacial score (nSPS) is 12.8. The van der Waals surface area contributed by atoms with E-state index in [0.29, 0.717) is 27.3 Å². The predicted octanol–water partition coefficient (Wildman–Crippen LogP) is 3.06. The Kier molecular flexibility index (Phi) is 3.14. The van der Waals surface area contributed by atoms with Crippen LogP contribution >= 0.6 is 23.2 Å². The lowest BCUT2D eigenvalue weighted by Crippen LogP contribution is -2.04. The van der Waals surface area contributed by atoms with Gasteiger partial charge in [-0.1, -0.05) is 28.4 Å². The second-order valence-corrected chi connectivity index (χ2v) is 4.21. The summed E-state index contributed by atoms with van der Waals surface area (Å²) in [4.78, 5) is 4.14. The maximum atomic E-state index is 6.02. The molecular formula is C10H9Cl2N3O. The van der Waals surface area contributed by atoms with E-state index in [9.17, 15) is 0 Å². The topological polar surface area (TPSA) is 64.9 Å². The first-order valence-electron chi connectivity index (χ1n) is 4.62. The van der Waals surface area contributed by atoms with Crippen LogP contribution in [-0.2, 0) is 0 Å². The van der Waals surface area contributed by atoms with Gasteiger partial charge in [0.05, 0.1) is 11.1 Å². The molecule has 1 aromatic heterocycles. The molecule has 16 heavy (non-hydrogen) atoms. The molecule has 0 unspecified atom stereocenters. The number of aromatic nitrogens is 2. The summed E-state index contributed by atoms with van der Waals surface area (Å²) in [6, 6.07) is 4.78. The van der Waals surface area contributed by atoms with E-state index in [4.69, 9.17) is 33.5 Å². The van der Waals surface area contributed by atoms with E-state index in [2.05, 4.69) is 10.1 Å². The Balaban J connectivity index is 2.42. The molecular weight excluding hydrogens is 249 g/mol. The molecule has 2 rings (SSSR count). The first-order valence-corrected chi connectivity index (χ1v) is 5.38. The summed E-state index contributed by atoms with van der Waals surface area (Å²) in [6.07, 6.45) is 0. The molecule has 1 aromatic carbocycles. The van der Waals surface area contributed by atoms with Crippen LogP contribution in [0.5, 0.6) is 0 Å². The highest BCUT2D eigenvalue weighted by atomic mass is 35.5. The van der Waals surface area contributed by atoms with Gasteiger partial charge in [0.15, 0.2) is 0 Å². The molecule has 0 aliphatic rings. The van der Waals surface area contributed by atoms with Crippen LogP contribution in [0.1, 0.15) is 18.9 Å². The van der Waals surface area contributed by atoms with Crippen molar-refractivity contribution in [1.29, 1.82) is 0 Å². The molecule has 2 N–H and O–H groups in total. The monoisotopic (exact) mass is 257 g/mol. The Morgan fingerprint density at radius 3 is 2.69 bits per heavy atom. The van der Waals surface area contributed by atoms with Gasteiger partial charge in [-0.25, -0.2) is 0 Å². The van der Waals surface area contributed by atoms with Crippen LogP contribution in [0.15, 0.2) is 22.7 Å². The maximum absolute atomic E-state index is 6.02.